The van der Waals surface area contributed by atoms with Crippen LogP contribution in [0, 0.1) is 16.2 Å². The molecule has 2 fully saturated rings. The summed E-state index contributed by atoms with van der Waals surface area (Å²) in [6.45, 7) is 23.1. The van der Waals surface area contributed by atoms with Crippen molar-refractivity contribution >= 4 is 11.9 Å². The number of amides is 3. The van der Waals surface area contributed by atoms with E-state index in [9.17, 15) is 9.59 Å². The second kappa shape index (κ2) is 9.68. The van der Waals surface area contributed by atoms with Gasteiger partial charge in [0.05, 0.1) is 0 Å². The summed E-state index contributed by atoms with van der Waals surface area (Å²) in [6, 6.07) is -0.523. The van der Waals surface area contributed by atoms with Gasteiger partial charge in [-0.2, -0.15) is 0 Å². The van der Waals surface area contributed by atoms with E-state index in [0.717, 1.165) is 39.0 Å². The van der Waals surface area contributed by atoms with Crippen molar-refractivity contribution in [2.75, 3.05) is 26.2 Å². The highest BCUT2D eigenvalue weighted by atomic mass is 16.2. The van der Waals surface area contributed by atoms with E-state index in [1.54, 1.807) is 0 Å². The second-order valence-electron chi connectivity index (χ2n) is 12.8. The quantitative estimate of drug-likeness (QED) is 0.677. The number of carbonyl (C=O) groups excluding carboxylic acids is 2. The van der Waals surface area contributed by atoms with Gasteiger partial charge >= 0.3 is 6.03 Å². The largest absolute Gasteiger partial charge is 0.338 e. The van der Waals surface area contributed by atoms with Crippen LogP contribution in [0.5, 0.6) is 0 Å². The number of likely N-dealkylation sites (tertiary alicyclic amines) is 2. The van der Waals surface area contributed by atoms with Gasteiger partial charge in [-0.05, 0) is 61.9 Å². The van der Waals surface area contributed by atoms with Crippen molar-refractivity contribution in [1.29, 1.82) is 0 Å². The molecule has 0 bridgehead atoms. The fourth-order valence-electron chi connectivity index (χ4n) is 4.54. The van der Waals surface area contributed by atoms with Crippen LogP contribution in [0.3, 0.4) is 0 Å². The highest BCUT2D eigenvalue weighted by molar-refractivity contribution is 5.88. The molecule has 2 aliphatic heterocycles. The van der Waals surface area contributed by atoms with E-state index in [2.05, 4.69) is 57.1 Å². The Morgan fingerprint density at radius 3 is 2.00 bits per heavy atom. The topological polar surface area (TPSA) is 64.7 Å². The van der Waals surface area contributed by atoms with E-state index >= 15 is 0 Å². The molecule has 2 heterocycles. The fourth-order valence-corrected chi connectivity index (χ4v) is 4.54. The molecule has 0 aromatic carbocycles. The predicted molar refractivity (Wildman–Crippen MR) is 128 cm³/mol. The Kier molecular flexibility index (Phi) is 8.10. The molecule has 2 rings (SSSR count). The van der Waals surface area contributed by atoms with Crippen LogP contribution < -0.4 is 10.6 Å². The van der Waals surface area contributed by atoms with Crippen molar-refractivity contribution < 1.29 is 9.59 Å². The number of hydrogen-bond acceptors (Lipinski definition) is 3. The average Bonchev–Trinajstić information content (AvgIpc) is 3.04. The van der Waals surface area contributed by atoms with Gasteiger partial charge in [0.1, 0.15) is 6.04 Å². The maximum atomic E-state index is 13.3. The van der Waals surface area contributed by atoms with Crippen LogP contribution in [-0.4, -0.2) is 66.0 Å². The summed E-state index contributed by atoms with van der Waals surface area (Å²) in [5.41, 5.74) is -0.0209. The van der Waals surface area contributed by atoms with Crippen molar-refractivity contribution in [2.24, 2.45) is 16.2 Å². The maximum absolute atomic E-state index is 13.3. The molecule has 2 N–H and O–H groups in total. The number of piperidine rings is 1. The molecule has 0 aromatic rings. The normalized spacial score (nSPS) is 24.5. The summed E-state index contributed by atoms with van der Waals surface area (Å²) in [4.78, 5) is 30.8. The molecule has 0 aromatic heterocycles. The van der Waals surface area contributed by atoms with Crippen LogP contribution in [-0.2, 0) is 4.79 Å². The van der Waals surface area contributed by atoms with Crippen LogP contribution in [0.4, 0.5) is 4.79 Å². The average molecular weight is 437 g/mol. The molecule has 3 atom stereocenters. The van der Waals surface area contributed by atoms with Gasteiger partial charge in [0.2, 0.25) is 5.91 Å². The molecule has 0 spiro atoms. The van der Waals surface area contributed by atoms with Crippen LogP contribution in [0.15, 0.2) is 0 Å². The van der Waals surface area contributed by atoms with Crippen LogP contribution >= 0.6 is 0 Å². The van der Waals surface area contributed by atoms with Gasteiger partial charge in [0, 0.05) is 25.2 Å². The predicted octanol–water partition coefficient (Wildman–Crippen LogP) is 4.25. The molecular weight excluding hydrogens is 388 g/mol. The Hall–Kier alpha value is -1.30. The lowest BCUT2D eigenvalue weighted by Gasteiger charge is -2.41. The van der Waals surface area contributed by atoms with Crippen molar-refractivity contribution in [3.05, 3.63) is 0 Å². The molecule has 2 saturated heterocycles. The van der Waals surface area contributed by atoms with E-state index in [-0.39, 0.29) is 34.9 Å². The van der Waals surface area contributed by atoms with Crippen LogP contribution in [0.2, 0.25) is 0 Å². The first-order chi connectivity index (χ1) is 14.1. The minimum absolute atomic E-state index is 0.00939. The van der Waals surface area contributed by atoms with Gasteiger partial charge in [-0.25, -0.2) is 4.79 Å². The number of nitrogens with zero attached hydrogens (tertiary/aromatic N) is 2. The first-order valence-electron chi connectivity index (χ1n) is 12.2. The van der Waals surface area contributed by atoms with Gasteiger partial charge in [-0.1, -0.05) is 55.4 Å². The van der Waals surface area contributed by atoms with E-state index < -0.39 is 6.04 Å². The Morgan fingerprint density at radius 1 is 0.968 bits per heavy atom. The van der Waals surface area contributed by atoms with Crippen molar-refractivity contribution in [3.8, 4) is 0 Å². The standard InChI is InChI=1S/C25H48N4O2/c1-18-11-10-14-29(18)21(30)20(24(5,6)7)27-22(31)26-19(23(2,3)4)17-28-15-12-25(8,9)13-16-28/h18-20H,10-17H2,1-9H3,(H2,26,27,31). The lowest BCUT2D eigenvalue weighted by atomic mass is 9.81. The van der Waals surface area contributed by atoms with Crippen molar-refractivity contribution in [3.63, 3.8) is 0 Å². The van der Waals surface area contributed by atoms with E-state index in [4.69, 9.17) is 0 Å². The summed E-state index contributed by atoms with van der Waals surface area (Å²) in [5.74, 6) is 0.0400. The third-order valence-corrected chi connectivity index (χ3v) is 7.23. The van der Waals surface area contributed by atoms with Gasteiger partial charge in [0.25, 0.3) is 0 Å². The highest BCUT2D eigenvalue weighted by Crippen LogP contribution is 2.31. The Balaban J connectivity index is 2.04. The zero-order valence-corrected chi connectivity index (χ0v) is 21.6. The monoisotopic (exact) mass is 436 g/mol. The minimum Gasteiger partial charge on any atom is -0.338 e. The molecule has 3 amide bonds. The summed E-state index contributed by atoms with van der Waals surface area (Å²) in [5, 5.41) is 6.27. The summed E-state index contributed by atoms with van der Waals surface area (Å²) in [7, 11) is 0. The smallest absolute Gasteiger partial charge is 0.315 e. The number of urea groups is 1. The zero-order valence-electron chi connectivity index (χ0n) is 21.6. The minimum atomic E-state index is -0.538. The van der Waals surface area contributed by atoms with E-state index in [0.29, 0.717) is 5.41 Å². The summed E-state index contributed by atoms with van der Waals surface area (Å²) in [6.07, 6.45) is 4.44. The molecule has 0 saturated carbocycles. The van der Waals surface area contributed by atoms with Gasteiger partial charge < -0.3 is 20.4 Å². The number of rotatable bonds is 5. The van der Waals surface area contributed by atoms with Crippen molar-refractivity contribution in [1.82, 2.24) is 20.4 Å². The summed E-state index contributed by atoms with van der Waals surface area (Å²) >= 11 is 0. The molecule has 0 aliphatic carbocycles. The Morgan fingerprint density at radius 2 is 1.55 bits per heavy atom. The molecular formula is C25H48N4O2. The lowest BCUT2D eigenvalue weighted by Crippen LogP contribution is -2.60. The second-order valence-corrected chi connectivity index (χ2v) is 12.8. The Labute approximate surface area is 190 Å². The highest BCUT2D eigenvalue weighted by Gasteiger charge is 2.39. The van der Waals surface area contributed by atoms with Gasteiger partial charge in [0.15, 0.2) is 0 Å². The summed E-state index contributed by atoms with van der Waals surface area (Å²) < 4.78 is 0. The van der Waals surface area contributed by atoms with Crippen LogP contribution in [0.1, 0.15) is 88.0 Å². The number of hydrogen-bond donors (Lipinski definition) is 2. The van der Waals surface area contributed by atoms with Crippen molar-refractivity contribution in [2.45, 2.75) is 106 Å². The van der Waals surface area contributed by atoms with Gasteiger partial charge in [-0.15, -0.1) is 0 Å². The van der Waals surface area contributed by atoms with Gasteiger partial charge in [-0.3, -0.25) is 4.79 Å². The zero-order chi connectivity index (χ0) is 23.6. The third kappa shape index (κ3) is 7.37. The molecule has 2 aliphatic rings. The SMILES string of the molecule is CC1CCCN1C(=O)C(NC(=O)NC(CN1CCC(C)(C)CC1)C(C)(C)C)C(C)(C)C. The molecule has 6 nitrogen and oxygen atoms in total. The first kappa shape index (κ1) is 26.0. The molecule has 6 heteroatoms. The number of nitrogens with one attached hydrogen (secondary N) is 2. The fraction of sp³-hybridized carbons (Fsp3) is 0.920. The van der Waals surface area contributed by atoms with E-state index in [1.807, 2.05) is 25.7 Å². The molecule has 180 valence electrons. The number of carbonyl (C=O) groups is 2. The van der Waals surface area contributed by atoms with E-state index in [1.165, 1.54) is 12.8 Å². The molecule has 0 radical (unpaired) electrons. The molecule has 31 heavy (non-hydrogen) atoms. The third-order valence-electron chi connectivity index (χ3n) is 7.23. The Bertz CT molecular complexity index is 622. The maximum Gasteiger partial charge on any atom is 0.315 e. The first-order valence-corrected chi connectivity index (χ1v) is 12.2. The van der Waals surface area contributed by atoms with Crippen LogP contribution in [0.25, 0.3) is 0 Å². The lowest BCUT2D eigenvalue weighted by molar-refractivity contribution is -0.136. The molecule has 3 unspecified atom stereocenters.